The van der Waals surface area contributed by atoms with Gasteiger partial charge >= 0.3 is 6.18 Å². The van der Waals surface area contributed by atoms with E-state index < -0.39 is 27.8 Å². The fraction of sp³-hybridized carbons (Fsp3) is 0.280. The second kappa shape index (κ2) is 9.87. The molecule has 0 fully saturated rings. The average Bonchev–Trinajstić information content (AvgIpc) is 2.78. The van der Waals surface area contributed by atoms with Gasteiger partial charge in [0, 0.05) is 6.04 Å². The highest BCUT2D eigenvalue weighted by molar-refractivity contribution is 7.92. The van der Waals surface area contributed by atoms with E-state index in [4.69, 9.17) is 4.74 Å². The second-order valence-corrected chi connectivity index (χ2v) is 9.66. The van der Waals surface area contributed by atoms with Crippen molar-refractivity contribution in [2.45, 2.75) is 50.9 Å². The standard InChI is InChI=1S/C25H26F3NO3S/c1-4-19-10-13-22(14-11-19)33(30,31)29(18(2)3)23-15-12-21(25(26,27)28)16-24(23)32-17-20-8-6-5-7-9-20/h5-16,18H,4,17H2,1-3H3. The van der Waals surface area contributed by atoms with Crippen molar-refractivity contribution in [2.75, 3.05) is 4.31 Å². The van der Waals surface area contributed by atoms with Gasteiger partial charge in [0.05, 0.1) is 16.1 Å². The molecule has 0 aliphatic rings. The minimum Gasteiger partial charge on any atom is -0.487 e. The normalized spacial score (nSPS) is 12.1. The predicted octanol–water partition coefficient (Wildman–Crippen LogP) is 6.45. The van der Waals surface area contributed by atoms with Gasteiger partial charge in [-0.2, -0.15) is 13.2 Å². The Kier molecular flexibility index (Phi) is 7.37. The summed E-state index contributed by atoms with van der Waals surface area (Å²) >= 11 is 0. The third-order valence-electron chi connectivity index (χ3n) is 5.12. The van der Waals surface area contributed by atoms with Gasteiger partial charge in [0.2, 0.25) is 0 Å². The Morgan fingerprint density at radius 2 is 1.55 bits per heavy atom. The molecule has 3 rings (SSSR count). The van der Waals surface area contributed by atoms with Crippen LogP contribution in [0.4, 0.5) is 18.9 Å². The fourth-order valence-corrected chi connectivity index (χ4v) is 5.09. The molecule has 0 aliphatic heterocycles. The van der Waals surface area contributed by atoms with Crippen LogP contribution < -0.4 is 9.04 Å². The lowest BCUT2D eigenvalue weighted by atomic mass is 10.1. The summed E-state index contributed by atoms with van der Waals surface area (Å²) in [4.78, 5) is 0.0577. The summed E-state index contributed by atoms with van der Waals surface area (Å²) < 4.78 is 74.1. The van der Waals surface area contributed by atoms with Crippen molar-refractivity contribution in [1.29, 1.82) is 0 Å². The maximum atomic E-state index is 13.5. The highest BCUT2D eigenvalue weighted by Crippen LogP contribution is 2.39. The van der Waals surface area contributed by atoms with Crippen molar-refractivity contribution < 1.29 is 26.3 Å². The number of sulfonamides is 1. The van der Waals surface area contributed by atoms with Crippen molar-refractivity contribution in [1.82, 2.24) is 0 Å². The zero-order valence-electron chi connectivity index (χ0n) is 18.6. The minimum atomic E-state index is -4.60. The molecular weight excluding hydrogens is 451 g/mol. The summed E-state index contributed by atoms with van der Waals surface area (Å²) in [6.07, 6.45) is -3.84. The molecule has 3 aromatic rings. The third kappa shape index (κ3) is 5.68. The van der Waals surface area contributed by atoms with Gasteiger partial charge in [-0.25, -0.2) is 8.42 Å². The molecule has 4 nitrogen and oxygen atoms in total. The van der Waals surface area contributed by atoms with Crippen LogP contribution in [0.15, 0.2) is 77.7 Å². The van der Waals surface area contributed by atoms with Crippen LogP contribution in [0.3, 0.4) is 0 Å². The zero-order valence-corrected chi connectivity index (χ0v) is 19.5. The van der Waals surface area contributed by atoms with Gasteiger partial charge in [0.25, 0.3) is 10.0 Å². The van der Waals surface area contributed by atoms with Crippen molar-refractivity contribution >= 4 is 15.7 Å². The maximum absolute atomic E-state index is 13.5. The number of rotatable bonds is 8. The first-order valence-corrected chi connectivity index (χ1v) is 12.0. The maximum Gasteiger partial charge on any atom is 0.416 e. The van der Waals surface area contributed by atoms with Crippen LogP contribution in [-0.2, 0) is 29.2 Å². The van der Waals surface area contributed by atoms with Crippen molar-refractivity contribution in [3.05, 3.63) is 89.5 Å². The molecule has 0 saturated heterocycles. The molecule has 0 saturated carbocycles. The minimum absolute atomic E-state index is 0.00761. The molecule has 0 aliphatic carbocycles. The van der Waals surface area contributed by atoms with E-state index in [0.29, 0.717) is 0 Å². The molecule has 0 amide bonds. The molecule has 0 radical (unpaired) electrons. The Labute approximate surface area is 192 Å². The van der Waals surface area contributed by atoms with E-state index in [9.17, 15) is 21.6 Å². The third-order valence-corrected chi connectivity index (χ3v) is 7.12. The largest absolute Gasteiger partial charge is 0.487 e. The molecule has 0 heterocycles. The summed E-state index contributed by atoms with van der Waals surface area (Å²) in [5.41, 5.74) is 0.859. The van der Waals surface area contributed by atoms with E-state index >= 15 is 0 Å². The van der Waals surface area contributed by atoms with Crippen molar-refractivity contribution in [3.8, 4) is 5.75 Å². The number of hydrogen-bond acceptors (Lipinski definition) is 3. The molecule has 0 spiro atoms. The lowest BCUT2D eigenvalue weighted by Crippen LogP contribution is -2.37. The van der Waals surface area contributed by atoms with E-state index in [0.717, 1.165) is 40.1 Å². The lowest BCUT2D eigenvalue weighted by molar-refractivity contribution is -0.137. The highest BCUT2D eigenvalue weighted by atomic mass is 32.2. The molecule has 0 bridgehead atoms. The fourth-order valence-electron chi connectivity index (χ4n) is 3.42. The van der Waals surface area contributed by atoms with Crippen LogP contribution in [0.1, 0.15) is 37.5 Å². The first kappa shape index (κ1) is 24.6. The topological polar surface area (TPSA) is 46.6 Å². The molecule has 8 heteroatoms. The molecule has 0 unspecified atom stereocenters. The SMILES string of the molecule is CCc1ccc(S(=O)(=O)N(c2ccc(C(F)(F)F)cc2OCc2ccccc2)C(C)C)cc1. The lowest BCUT2D eigenvalue weighted by Gasteiger charge is -2.30. The number of alkyl halides is 3. The van der Waals surface area contributed by atoms with Crippen LogP contribution in [-0.4, -0.2) is 14.5 Å². The van der Waals surface area contributed by atoms with Gasteiger partial charge in [-0.1, -0.05) is 49.4 Å². The van der Waals surface area contributed by atoms with Gasteiger partial charge in [0.1, 0.15) is 12.4 Å². The summed E-state index contributed by atoms with van der Waals surface area (Å²) in [5, 5.41) is 0. The monoisotopic (exact) mass is 477 g/mol. The van der Waals surface area contributed by atoms with Gasteiger partial charge in [-0.05, 0) is 61.7 Å². The second-order valence-electron chi connectivity index (χ2n) is 7.85. The molecular formula is C25H26F3NO3S. The van der Waals surface area contributed by atoms with Gasteiger partial charge in [0.15, 0.2) is 0 Å². The van der Waals surface area contributed by atoms with Crippen LogP contribution >= 0.6 is 0 Å². The summed E-state index contributed by atoms with van der Waals surface area (Å²) in [6, 6.07) is 17.7. The van der Waals surface area contributed by atoms with Crippen LogP contribution in [0.5, 0.6) is 5.75 Å². The number of ether oxygens (including phenoxy) is 1. The number of aryl methyl sites for hydroxylation is 1. The Hall–Kier alpha value is -3.00. The van der Waals surface area contributed by atoms with E-state index in [1.54, 1.807) is 50.2 Å². The molecule has 33 heavy (non-hydrogen) atoms. The molecule has 176 valence electrons. The highest BCUT2D eigenvalue weighted by Gasteiger charge is 2.34. The van der Waals surface area contributed by atoms with Crippen molar-refractivity contribution in [2.24, 2.45) is 0 Å². The van der Waals surface area contributed by atoms with Gasteiger partial charge < -0.3 is 4.74 Å². The van der Waals surface area contributed by atoms with Crippen molar-refractivity contribution in [3.63, 3.8) is 0 Å². The Morgan fingerprint density at radius 3 is 2.09 bits per heavy atom. The number of halogens is 3. The van der Waals surface area contributed by atoms with Crippen LogP contribution in [0.25, 0.3) is 0 Å². The number of nitrogens with zero attached hydrogens (tertiary/aromatic N) is 1. The molecule has 0 atom stereocenters. The Balaban J connectivity index is 2.09. The van der Waals surface area contributed by atoms with E-state index in [2.05, 4.69) is 0 Å². The van der Waals surface area contributed by atoms with Gasteiger partial charge in [-0.15, -0.1) is 0 Å². The van der Waals surface area contributed by atoms with E-state index in [-0.39, 0.29) is 22.9 Å². The molecule has 0 N–H and O–H groups in total. The summed E-state index contributed by atoms with van der Waals surface area (Å²) in [7, 11) is -4.06. The summed E-state index contributed by atoms with van der Waals surface area (Å²) in [6.45, 7) is 5.28. The quantitative estimate of drug-likeness (QED) is 0.375. The average molecular weight is 478 g/mol. The number of hydrogen-bond donors (Lipinski definition) is 0. The predicted molar refractivity (Wildman–Crippen MR) is 123 cm³/mol. The first-order chi connectivity index (χ1) is 15.5. The number of benzene rings is 3. The van der Waals surface area contributed by atoms with E-state index in [1.807, 2.05) is 13.0 Å². The van der Waals surface area contributed by atoms with Crippen LogP contribution in [0, 0.1) is 0 Å². The van der Waals surface area contributed by atoms with Crippen LogP contribution in [0.2, 0.25) is 0 Å². The molecule has 0 aromatic heterocycles. The summed E-state index contributed by atoms with van der Waals surface area (Å²) in [5.74, 6) is -0.156. The Morgan fingerprint density at radius 1 is 0.909 bits per heavy atom. The first-order valence-electron chi connectivity index (χ1n) is 10.6. The Bertz CT molecular complexity index is 1180. The smallest absolute Gasteiger partial charge is 0.416 e. The van der Waals surface area contributed by atoms with Gasteiger partial charge in [-0.3, -0.25) is 4.31 Å². The number of anilines is 1. The van der Waals surface area contributed by atoms with E-state index in [1.165, 1.54) is 12.1 Å². The molecule has 3 aromatic carbocycles. The zero-order chi connectivity index (χ0) is 24.2.